The van der Waals surface area contributed by atoms with Crippen LogP contribution >= 0.6 is 0 Å². The first-order valence-electron chi connectivity index (χ1n) is 5.10. The molecule has 0 amide bonds. The van der Waals surface area contributed by atoms with Crippen molar-refractivity contribution in [1.29, 1.82) is 0 Å². The van der Waals surface area contributed by atoms with Crippen LogP contribution in [0, 0.1) is 0 Å². The molecule has 0 radical (unpaired) electrons. The molecule has 1 rings (SSSR count). The largest absolute Gasteiger partial charge is 0.493 e. The van der Waals surface area contributed by atoms with E-state index < -0.39 is 0 Å². The molecule has 0 saturated heterocycles. The molecule has 0 saturated carbocycles. The summed E-state index contributed by atoms with van der Waals surface area (Å²) in [5.74, 6) is 1.15. The highest BCUT2D eigenvalue weighted by Crippen LogP contribution is 2.28. The summed E-state index contributed by atoms with van der Waals surface area (Å²) in [4.78, 5) is 11.5. The topological polar surface area (TPSA) is 35.5 Å². The molecule has 0 N–H and O–H groups in total. The molecule has 0 unspecified atom stereocenters. The number of ketones is 1. The van der Waals surface area contributed by atoms with Crippen LogP contribution in [0.3, 0.4) is 0 Å². The summed E-state index contributed by atoms with van der Waals surface area (Å²) in [7, 11) is 0. The quantitative estimate of drug-likeness (QED) is 0.698. The molecule has 82 valence electrons. The van der Waals surface area contributed by atoms with Crippen LogP contribution in [0.25, 0.3) is 0 Å². The Morgan fingerprint density at radius 1 is 1.13 bits per heavy atom. The zero-order valence-corrected chi connectivity index (χ0v) is 9.37. The zero-order chi connectivity index (χ0) is 11.3. The standard InChI is InChI=1S/C12H16O3/c1-4-14-10-7-6-8-11(15-5-2)12(10)9(3)13/h6-8H,4-5H2,1-3H3. The number of hydrogen-bond acceptors (Lipinski definition) is 3. The van der Waals surface area contributed by atoms with Crippen molar-refractivity contribution in [2.75, 3.05) is 13.2 Å². The van der Waals surface area contributed by atoms with Gasteiger partial charge in [0.15, 0.2) is 5.78 Å². The van der Waals surface area contributed by atoms with Gasteiger partial charge in [-0.2, -0.15) is 0 Å². The summed E-state index contributed by atoms with van der Waals surface area (Å²) < 4.78 is 10.8. The molecule has 15 heavy (non-hydrogen) atoms. The Kier molecular flexibility index (Phi) is 4.16. The molecule has 3 nitrogen and oxygen atoms in total. The summed E-state index contributed by atoms with van der Waals surface area (Å²) >= 11 is 0. The lowest BCUT2D eigenvalue weighted by molar-refractivity contribution is 0.101. The number of Topliss-reactive ketones (excluding diaryl/α,β-unsaturated/α-hetero) is 1. The van der Waals surface area contributed by atoms with Crippen LogP contribution < -0.4 is 9.47 Å². The molecule has 0 aliphatic heterocycles. The second-order valence-corrected chi connectivity index (χ2v) is 3.05. The van der Waals surface area contributed by atoms with Crippen molar-refractivity contribution in [3.63, 3.8) is 0 Å². The highest BCUT2D eigenvalue weighted by Gasteiger charge is 2.14. The van der Waals surface area contributed by atoms with Crippen LogP contribution in [0.2, 0.25) is 0 Å². The monoisotopic (exact) mass is 208 g/mol. The van der Waals surface area contributed by atoms with Crippen molar-refractivity contribution in [2.45, 2.75) is 20.8 Å². The predicted octanol–water partition coefficient (Wildman–Crippen LogP) is 2.69. The highest BCUT2D eigenvalue weighted by molar-refractivity contribution is 5.99. The van der Waals surface area contributed by atoms with Crippen molar-refractivity contribution < 1.29 is 14.3 Å². The summed E-state index contributed by atoms with van der Waals surface area (Å²) in [5.41, 5.74) is 0.529. The molecule has 0 aliphatic rings. The minimum atomic E-state index is -0.0394. The van der Waals surface area contributed by atoms with E-state index in [0.29, 0.717) is 30.3 Å². The molecule has 0 aromatic heterocycles. The lowest BCUT2D eigenvalue weighted by atomic mass is 10.1. The van der Waals surface area contributed by atoms with Gasteiger partial charge in [-0.1, -0.05) is 6.07 Å². The number of ether oxygens (including phenoxy) is 2. The van der Waals surface area contributed by atoms with E-state index in [-0.39, 0.29) is 5.78 Å². The molecule has 3 heteroatoms. The van der Waals surface area contributed by atoms with Crippen LogP contribution in [-0.4, -0.2) is 19.0 Å². The maximum absolute atomic E-state index is 11.5. The number of carbonyl (C=O) groups excluding carboxylic acids is 1. The maximum atomic E-state index is 11.5. The molecular formula is C12H16O3. The van der Waals surface area contributed by atoms with E-state index in [2.05, 4.69) is 0 Å². The van der Waals surface area contributed by atoms with Crippen molar-refractivity contribution in [3.05, 3.63) is 23.8 Å². The third kappa shape index (κ3) is 2.72. The Labute approximate surface area is 90.0 Å². The van der Waals surface area contributed by atoms with Gasteiger partial charge in [0, 0.05) is 0 Å². The SMILES string of the molecule is CCOc1cccc(OCC)c1C(C)=O. The molecule has 0 heterocycles. The highest BCUT2D eigenvalue weighted by atomic mass is 16.5. The molecule has 0 bridgehead atoms. The van der Waals surface area contributed by atoms with Gasteiger partial charge in [0.2, 0.25) is 0 Å². The first-order valence-corrected chi connectivity index (χ1v) is 5.10. The van der Waals surface area contributed by atoms with Gasteiger partial charge in [-0.3, -0.25) is 4.79 Å². The van der Waals surface area contributed by atoms with Crippen molar-refractivity contribution in [2.24, 2.45) is 0 Å². The molecule has 0 atom stereocenters. The molecule has 0 spiro atoms. The van der Waals surface area contributed by atoms with E-state index in [1.165, 1.54) is 6.92 Å². The van der Waals surface area contributed by atoms with Crippen LogP contribution in [0.4, 0.5) is 0 Å². The third-order valence-electron chi connectivity index (χ3n) is 1.94. The summed E-state index contributed by atoms with van der Waals surface area (Å²) in [6.45, 7) is 6.36. The number of benzene rings is 1. The number of rotatable bonds is 5. The lowest BCUT2D eigenvalue weighted by Gasteiger charge is -2.12. The van der Waals surface area contributed by atoms with Crippen molar-refractivity contribution in [3.8, 4) is 11.5 Å². The second kappa shape index (κ2) is 5.39. The molecule has 0 aliphatic carbocycles. The minimum Gasteiger partial charge on any atom is -0.493 e. The lowest BCUT2D eigenvalue weighted by Crippen LogP contribution is -2.04. The Hall–Kier alpha value is -1.51. The minimum absolute atomic E-state index is 0.0394. The fraction of sp³-hybridized carbons (Fsp3) is 0.417. The van der Waals surface area contributed by atoms with E-state index >= 15 is 0 Å². The van der Waals surface area contributed by atoms with Crippen LogP contribution in [0.1, 0.15) is 31.1 Å². The molecular weight excluding hydrogens is 192 g/mol. The first-order chi connectivity index (χ1) is 7.20. The van der Waals surface area contributed by atoms with Gasteiger partial charge in [0.05, 0.1) is 13.2 Å². The van der Waals surface area contributed by atoms with E-state index in [1.54, 1.807) is 12.1 Å². The van der Waals surface area contributed by atoms with Crippen LogP contribution in [0.15, 0.2) is 18.2 Å². The van der Waals surface area contributed by atoms with Gasteiger partial charge in [-0.15, -0.1) is 0 Å². The number of carbonyl (C=O) groups is 1. The van der Waals surface area contributed by atoms with Crippen molar-refractivity contribution >= 4 is 5.78 Å². The summed E-state index contributed by atoms with van der Waals surface area (Å²) in [6.07, 6.45) is 0. The fourth-order valence-corrected chi connectivity index (χ4v) is 1.41. The van der Waals surface area contributed by atoms with E-state index in [4.69, 9.17) is 9.47 Å². The van der Waals surface area contributed by atoms with Crippen LogP contribution in [0.5, 0.6) is 11.5 Å². The van der Waals surface area contributed by atoms with Gasteiger partial charge in [0.25, 0.3) is 0 Å². The smallest absolute Gasteiger partial charge is 0.167 e. The summed E-state index contributed by atoms with van der Waals surface area (Å²) in [5, 5.41) is 0. The first kappa shape index (κ1) is 11.6. The third-order valence-corrected chi connectivity index (χ3v) is 1.94. The Balaban J connectivity index is 3.15. The molecule has 0 fully saturated rings. The number of hydrogen-bond donors (Lipinski definition) is 0. The van der Waals surface area contributed by atoms with Gasteiger partial charge >= 0.3 is 0 Å². The average molecular weight is 208 g/mol. The zero-order valence-electron chi connectivity index (χ0n) is 9.37. The van der Waals surface area contributed by atoms with Crippen molar-refractivity contribution in [1.82, 2.24) is 0 Å². The molecule has 1 aromatic rings. The van der Waals surface area contributed by atoms with Gasteiger partial charge in [-0.25, -0.2) is 0 Å². The van der Waals surface area contributed by atoms with E-state index in [0.717, 1.165) is 0 Å². The van der Waals surface area contributed by atoms with Gasteiger partial charge < -0.3 is 9.47 Å². The predicted molar refractivity (Wildman–Crippen MR) is 58.8 cm³/mol. The summed E-state index contributed by atoms with van der Waals surface area (Å²) in [6, 6.07) is 5.38. The second-order valence-electron chi connectivity index (χ2n) is 3.05. The van der Waals surface area contributed by atoms with E-state index in [9.17, 15) is 4.79 Å². The average Bonchev–Trinajstić information content (AvgIpc) is 2.18. The van der Waals surface area contributed by atoms with E-state index in [1.807, 2.05) is 19.9 Å². The molecule has 1 aromatic carbocycles. The van der Waals surface area contributed by atoms with Gasteiger partial charge in [0.1, 0.15) is 17.1 Å². The Morgan fingerprint density at radius 3 is 1.93 bits per heavy atom. The Morgan fingerprint density at radius 2 is 1.60 bits per heavy atom. The Bertz CT molecular complexity index is 320. The fourth-order valence-electron chi connectivity index (χ4n) is 1.41. The maximum Gasteiger partial charge on any atom is 0.167 e. The normalized spacial score (nSPS) is 9.80. The van der Waals surface area contributed by atoms with Crippen LogP contribution in [-0.2, 0) is 0 Å². The van der Waals surface area contributed by atoms with Gasteiger partial charge in [-0.05, 0) is 32.9 Å².